The van der Waals surface area contributed by atoms with E-state index in [4.69, 9.17) is 18.6 Å². The summed E-state index contributed by atoms with van der Waals surface area (Å²) in [6.07, 6.45) is 1.65. The van der Waals surface area contributed by atoms with Gasteiger partial charge in [0.2, 0.25) is 17.0 Å². The van der Waals surface area contributed by atoms with Gasteiger partial charge in [-0.05, 0) is 56.7 Å². The lowest BCUT2D eigenvalue weighted by molar-refractivity contribution is -0.316. The van der Waals surface area contributed by atoms with Gasteiger partial charge in [-0.2, -0.15) is 0 Å². The molecule has 8 N–H and O–H groups in total. The van der Waals surface area contributed by atoms with Crippen LogP contribution in [-0.2, 0) is 12.2 Å². The summed E-state index contributed by atoms with van der Waals surface area (Å²) < 4.78 is 22.8. The molecule has 0 saturated carbocycles. The zero-order chi connectivity index (χ0) is 36.3. The molecule has 2 atom stereocenters. The van der Waals surface area contributed by atoms with Gasteiger partial charge >= 0.3 is 11.6 Å². The number of carbonyl (C=O) groups excluding carboxylic acids is 1. The van der Waals surface area contributed by atoms with Crippen LogP contribution in [0.3, 0.4) is 0 Å². The van der Waals surface area contributed by atoms with Gasteiger partial charge in [0.25, 0.3) is 0 Å². The van der Waals surface area contributed by atoms with Crippen molar-refractivity contribution in [3.8, 4) is 63.1 Å². The summed E-state index contributed by atoms with van der Waals surface area (Å²) >= 11 is 0. The van der Waals surface area contributed by atoms with Crippen molar-refractivity contribution in [3.05, 3.63) is 99.2 Å². The molecule has 0 unspecified atom stereocenters. The number of hydrogen-bond acceptors (Lipinski definition) is 14. The predicted octanol–water partition coefficient (Wildman–Crippen LogP) is 4.40. The maximum Gasteiger partial charge on any atom is 0.345 e. The van der Waals surface area contributed by atoms with Gasteiger partial charge in [-0.25, -0.2) is 0 Å². The number of aromatic hydroxyl groups is 6. The minimum atomic E-state index is -3.44. The minimum absolute atomic E-state index is 0.0167. The van der Waals surface area contributed by atoms with Gasteiger partial charge in [0, 0.05) is 41.0 Å². The number of aliphatic hydroxyl groups is 2. The number of Topliss-reactive ketones (excluding diaryl/α,β-unsaturated/α-hetero) is 1. The maximum absolute atomic E-state index is 14.0. The van der Waals surface area contributed by atoms with E-state index in [2.05, 4.69) is 0 Å². The van der Waals surface area contributed by atoms with Crippen molar-refractivity contribution in [1.29, 1.82) is 0 Å². The number of phenolic OH excluding ortho intramolecular Hbond substituents is 6. The molecule has 50 heavy (non-hydrogen) atoms. The van der Waals surface area contributed by atoms with E-state index in [9.17, 15) is 50.4 Å². The third-order valence-corrected chi connectivity index (χ3v) is 8.16. The molecule has 0 bridgehead atoms. The van der Waals surface area contributed by atoms with Crippen molar-refractivity contribution < 1.29 is 64.3 Å². The molecule has 4 aromatic carbocycles. The number of ketones is 1. The van der Waals surface area contributed by atoms with Crippen LogP contribution in [0.25, 0.3) is 22.3 Å². The zero-order valence-corrected chi connectivity index (χ0v) is 26.6. The van der Waals surface area contributed by atoms with Crippen LogP contribution in [0.5, 0.6) is 51.7 Å². The van der Waals surface area contributed by atoms with Crippen LogP contribution >= 0.6 is 0 Å². The molecule has 14 heteroatoms. The monoisotopic (exact) mass is 686 g/mol. The van der Waals surface area contributed by atoms with Gasteiger partial charge in [-0.3, -0.25) is 9.59 Å². The Morgan fingerprint density at radius 1 is 0.840 bits per heavy atom. The fourth-order valence-electron chi connectivity index (χ4n) is 5.72. The Kier molecular flexibility index (Phi) is 8.01. The third-order valence-electron chi connectivity index (χ3n) is 8.16. The highest BCUT2D eigenvalue weighted by Gasteiger charge is 2.66. The van der Waals surface area contributed by atoms with Crippen LogP contribution in [0.1, 0.15) is 35.3 Å². The van der Waals surface area contributed by atoms with Crippen LogP contribution in [-0.4, -0.2) is 59.5 Å². The first-order valence-corrected chi connectivity index (χ1v) is 14.9. The Labute approximate surface area is 282 Å². The van der Waals surface area contributed by atoms with E-state index in [0.29, 0.717) is 0 Å². The molecule has 2 heterocycles. The van der Waals surface area contributed by atoms with Gasteiger partial charge < -0.3 is 59.5 Å². The number of fused-ring (bicyclic) bond motifs is 2. The molecule has 14 nitrogen and oxygen atoms in total. The number of hydrogen-bond donors (Lipinski definition) is 8. The minimum Gasteiger partial charge on any atom is -0.508 e. The Bertz CT molecular complexity index is 2280. The smallest absolute Gasteiger partial charge is 0.345 e. The lowest BCUT2D eigenvalue weighted by atomic mass is 9.86. The molecule has 1 aliphatic rings. The van der Waals surface area contributed by atoms with E-state index in [1.54, 1.807) is 19.9 Å². The fourth-order valence-corrected chi connectivity index (χ4v) is 5.72. The van der Waals surface area contributed by atoms with Crippen LogP contribution in [0.15, 0.2) is 81.5 Å². The molecular formula is C36H30O14. The summed E-state index contributed by atoms with van der Waals surface area (Å²) in [5, 5.41) is 86.4. The maximum atomic E-state index is 14.0. The van der Waals surface area contributed by atoms with E-state index in [-0.39, 0.29) is 51.3 Å². The van der Waals surface area contributed by atoms with Gasteiger partial charge in [-0.15, -0.1) is 0 Å². The first-order valence-electron chi connectivity index (χ1n) is 14.9. The lowest BCUT2D eigenvalue weighted by Crippen LogP contribution is -2.66. The first kappa shape index (κ1) is 33.5. The number of benzene rings is 4. The van der Waals surface area contributed by atoms with Crippen LogP contribution in [0.4, 0.5) is 0 Å². The summed E-state index contributed by atoms with van der Waals surface area (Å²) in [4.78, 5) is 27.5. The van der Waals surface area contributed by atoms with Crippen LogP contribution in [0.2, 0.25) is 0 Å². The largest absolute Gasteiger partial charge is 0.508 e. The highest BCUT2D eigenvalue weighted by Crippen LogP contribution is 2.51. The summed E-state index contributed by atoms with van der Waals surface area (Å²) in [6, 6.07) is 10.7. The van der Waals surface area contributed by atoms with Gasteiger partial charge in [-0.1, -0.05) is 11.6 Å². The van der Waals surface area contributed by atoms with Crippen molar-refractivity contribution in [2.24, 2.45) is 0 Å². The average molecular weight is 687 g/mol. The van der Waals surface area contributed by atoms with E-state index >= 15 is 0 Å². The lowest BCUT2D eigenvalue weighted by Gasteiger charge is -2.44. The molecule has 0 radical (unpaired) electrons. The molecule has 0 saturated heterocycles. The third kappa shape index (κ3) is 5.23. The summed E-state index contributed by atoms with van der Waals surface area (Å²) in [5.74, 6) is -12.9. The van der Waals surface area contributed by atoms with Crippen LogP contribution in [0, 0.1) is 0 Å². The van der Waals surface area contributed by atoms with E-state index in [0.717, 1.165) is 60.2 Å². The van der Waals surface area contributed by atoms with E-state index in [1.807, 2.05) is 0 Å². The molecule has 0 spiro atoms. The normalized spacial score (nSPS) is 18.3. The van der Waals surface area contributed by atoms with Crippen molar-refractivity contribution in [2.75, 3.05) is 7.11 Å². The number of allylic oxidation sites excluding steroid dienone is 2. The number of rotatable bonds is 7. The van der Waals surface area contributed by atoms with Gasteiger partial charge in [0.1, 0.15) is 51.0 Å². The number of ether oxygens (including phenoxy) is 3. The quantitative estimate of drug-likeness (QED) is 0.0875. The molecule has 1 aromatic heterocycles. The summed E-state index contributed by atoms with van der Waals surface area (Å²) in [6.45, 7) is 3.55. The predicted molar refractivity (Wildman–Crippen MR) is 175 cm³/mol. The van der Waals surface area contributed by atoms with Crippen LogP contribution < -0.4 is 19.6 Å². The molecule has 1 aliphatic heterocycles. The van der Waals surface area contributed by atoms with Crippen molar-refractivity contribution in [3.63, 3.8) is 0 Å². The molecule has 0 amide bonds. The Morgan fingerprint density at radius 2 is 1.50 bits per heavy atom. The molecule has 258 valence electrons. The second kappa shape index (κ2) is 11.9. The second-order valence-corrected chi connectivity index (χ2v) is 11.8. The van der Waals surface area contributed by atoms with Gasteiger partial charge in [0.05, 0.1) is 7.11 Å². The van der Waals surface area contributed by atoms with Gasteiger partial charge in [0.15, 0.2) is 17.3 Å². The zero-order valence-electron chi connectivity index (χ0n) is 26.6. The molecule has 0 fully saturated rings. The van der Waals surface area contributed by atoms with E-state index < -0.39 is 68.6 Å². The molecular weight excluding hydrogens is 656 g/mol. The van der Waals surface area contributed by atoms with Crippen molar-refractivity contribution in [1.82, 2.24) is 0 Å². The first-order chi connectivity index (χ1) is 23.6. The molecule has 0 aliphatic carbocycles. The SMILES string of the molecule is COc1c(-c2ccc(O[C@]3(O)C(=O)c4c(O)cc(O)cc4O[C@@]3(O)c3ccc(O)cc3)c(O)c2CC=C(C)C)oc2cc(O)cc(O)c2c1=O. The number of methoxy groups -OCH3 is 1. The fraction of sp³-hybridized carbons (Fsp3) is 0.167. The topological polar surface area (TPSA) is 237 Å². The Morgan fingerprint density at radius 3 is 2.16 bits per heavy atom. The molecule has 6 rings (SSSR count). The average Bonchev–Trinajstić information content (AvgIpc) is 3.03. The standard InChI is InChI=1S/C36H30O14/c1-16(2)4-9-21-22(32-33(47-3)31(43)28-23(40)12-19(38)14-26(28)48-32)10-11-25(30(21)42)49-36(46)34(44)29-24(41)13-20(39)15-27(29)50-35(36,45)17-5-7-18(37)8-6-17/h4-8,10-15,37-42,45-46H,9H2,1-3H3/t35-,36+/m0/s1. The summed E-state index contributed by atoms with van der Waals surface area (Å²) in [5.41, 5.74) is -1.09. The van der Waals surface area contributed by atoms with Crippen molar-refractivity contribution in [2.45, 2.75) is 31.8 Å². The molecule has 5 aromatic rings. The van der Waals surface area contributed by atoms with Crippen molar-refractivity contribution >= 4 is 16.8 Å². The summed E-state index contributed by atoms with van der Waals surface area (Å²) in [7, 11) is 1.19. The second-order valence-electron chi connectivity index (χ2n) is 11.8. The number of phenols is 6. The highest BCUT2D eigenvalue weighted by molar-refractivity contribution is 6.08. The highest BCUT2D eigenvalue weighted by atomic mass is 16.7. The van der Waals surface area contributed by atoms with E-state index in [1.165, 1.54) is 13.2 Å². The number of carbonyl (C=O) groups is 1. The Hall–Kier alpha value is -6.38. The Balaban J connectivity index is 1.58.